The first-order chi connectivity index (χ1) is 25.8. The Balaban J connectivity index is 0.000000273. The molecule has 0 aromatic heterocycles. The molecule has 8 rings (SSSR count). The number of halogens is 2. The van der Waals surface area contributed by atoms with Crippen LogP contribution >= 0.6 is 0 Å². The number of fused-ring (bicyclic) bond motifs is 3. The Hall–Kier alpha value is -3.87. The van der Waals surface area contributed by atoms with Crippen LogP contribution in [0, 0.1) is 26.0 Å². The molecule has 284 valence electrons. The molecule has 0 spiro atoms. The number of rotatable bonds is 4. The van der Waals surface area contributed by atoms with Gasteiger partial charge >= 0.3 is 99.2 Å². The summed E-state index contributed by atoms with van der Waals surface area (Å²) in [5, 5.41) is 0. The monoisotopic (exact) mass is 848 g/mol. The van der Waals surface area contributed by atoms with Gasteiger partial charge in [0.1, 0.15) is 0 Å². The predicted octanol–water partition coefficient (Wildman–Crippen LogP) is 7.72. The molecular weight excluding hydrogens is 799 g/mol. The third-order valence-corrected chi connectivity index (χ3v) is 11.7. The van der Waals surface area contributed by atoms with E-state index in [1.807, 2.05) is 12.2 Å². The first-order valence-corrected chi connectivity index (χ1v) is 20.4. The minimum absolute atomic E-state index is 0. The fourth-order valence-electron chi connectivity index (χ4n) is 7.29. The number of hydrogen-bond acceptors (Lipinski definition) is 0. The van der Waals surface area contributed by atoms with E-state index >= 15 is 0 Å². The van der Waals surface area contributed by atoms with Gasteiger partial charge in [-0.15, -0.1) is 35.2 Å². The summed E-state index contributed by atoms with van der Waals surface area (Å²) in [7, 11) is 0. The topological polar surface area (TPSA) is 0 Å². The van der Waals surface area contributed by atoms with Gasteiger partial charge in [0, 0.05) is 0 Å². The molecule has 3 heteroatoms. The molecule has 0 nitrogen and oxygen atoms in total. The zero-order valence-corrected chi connectivity index (χ0v) is 38.0. The molecule has 0 atom stereocenters. The normalized spacial score (nSPS) is 12.2. The third-order valence-electron chi connectivity index (χ3n) is 10.2. The number of benzene rings is 6. The van der Waals surface area contributed by atoms with Crippen LogP contribution in [0.2, 0.25) is 0 Å². The summed E-state index contributed by atoms with van der Waals surface area (Å²) in [6, 6.07) is 50.0. The van der Waals surface area contributed by atoms with Crippen molar-refractivity contribution in [3.05, 3.63) is 202 Å². The molecule has 0 saturated carbocycles. The standard InChI is InChI=1S/C35H37.C13H10.C5H5.2ClH.Zr/c1-22-13-9-11-15-26(22)30-18-24-17-25-19-31(27-16-12-10-14-23(27)2)33(35(6,7)8)21-29(25)28(24)20-32(30)34(3,4)5;1-3-7-12(8-4-1)11-13-9-5-2-6-10-13;1-2-4-5-3-1;;;/h9-16,18,20-21H,17H2,1-8H3;1-10H;1-3H,4H2;2*1H;/q-1;;-1;;;+2/p-2. The van der Waals surface area contributed by atoms with Crippen molar-refractivity contribution in [2.24, 2.45) is 0 Å². The second kappa shape index (κ2) is 19.5. The maximum atomic E-state index is 3.93. The van der Waals surface area contributed by atoms with Gasteiger partial charge in [-0.2, -0.15) is 6.08 Å². The number of aryl methyl sites for hydroxylation is 2. The van der Waals surface area contributed by atoms with E-state index in [0.29, 0.717) is 0 Å². The van der Waals surface area contributed by atoms with Crippen LogP contribution in [0.1, 0.15) is 92.5 Å². The van der Waals surface area contributed by atoms with E-state index in [4.69, 9.17) is 0 Å². The van der Waals surface area contributed by atoms with Crippen LogP contribution in [0.5, 0.6) is 0 Å². The molecule has 56 heavy (non-hydrogen) atoms. The summed E-state index contributed by atoms with van der Waals surface area (Å²) in [4.78, 5) is 0. The van der Waals surface area contributed by atoms with Crippen molar-refractivity contribution in [1.82, 2.24) is 0 Å². The second-order valence-corrected chi connectivity index (χ2v) is 17.7. The summed E-state index contributed by atoms with van der Waals surface area (Å²) in [5.74, 6) is 0. The van der Waals surface area contributed by atoms with Crippen LogP contribution in [-0.2, 0) is 41.5 Å². The Morgan fingerprint density at radius 1 is 0.554 bits per heavy atom. The summed E-state index contributed by atoms with van der Waals surface area (Å²) in [6.45, 7) is 18.4. The van der Waals surface area contributed by atoms with Crippen LogP contribution < -0.4 is 24.8 Å². The van der Waals surface area contributed by atoms with Crippen LogP contribution in [-0.4, -0.2) is 3.21 Å². The van der Waals surface area contributed by atoms with Crippen molar-refractivity contribution in [1.29, 1.82) is 0 Å². The number of hydrogen-bond donors (Lipinski definition) is 0. The van der Waals surface area contributed by atoms with E-state index in [0.717, 1.165) is 12.8 Å². The molecule has 2 aliphatic rings. The fraction of sp³-hybridized carbons (Fsp3) is 0.226. The van der Waals surface area contributed by atoms with Gasteiger partial charge in [-0.3, -0.25) is 6.08 Å². The van der Waals surface area contributed by atoms with Gasteiger partial charge in [0.05, 0.1) is 0 Å². The Morgan fingerprint density at radius 2 is 1.05 bits per heavy atom. The molecule has 6 aromatic carbocycles. The van der Waals surface area contributed by atoms with E-state index in [-0.39, 0.29) is 35.6 Å². The molecule has 0 heterocycles. The zero-order chi connectivity index (χ0) is 38.5. The van der Waals surface area contributed by atoms with Crippen molar-refractivity contribution >= 4 is 3.21 Å². The Bertz CT molecular complexity index is 2150. The first-order valence-electron chi connectivity index (χ1n) is 19.1. The molecule has 0 unspecified atom stereocenters. The van der Waals surface area contributed by atoms with Gasteiger partial charge in [-0.1, -0.05) is 124 Å². The summed E-state index contributed by atoms with van der Waals surface area (Å²) in [6.07, 6.45) is 10.9. The molecule has 0 bridgehead atoms. The van der Waals surface area contributed by atoms with Crippen molar-refractivity contribution < 1.29 is 49.0 Å². The molecule has 0 aliphatic heterocycles. The molecule has 0 fully saturated rings. The average Bonchev–Trinajstić information content (AvgIpc) is 3.86. The van der Waals surface area contributed by atoms with Gasteiger partial charge in [-0.05, 0) is 58.9 Å². The molecule has 0 amide bonds. The quantitative estimate of drug-likeness (QED) is 0.159. The van der Waals surface area contributed by atoms with Crippen molar-refractivity contribution in [2.75, 3.05) is 0 Å². The van der Waals surface area contributed by atoms with Crippen LogP contribution in [0.15, 0.2) is 146 Å². The van der Waals surface area contributed by atoms with Crippen molar-refractivity contribution in [3.63, 3.8) is 0 Å². The molecule has 0 N–H and O–H groups in total. The number of allylic oxidation sites excluding steroid dienone is 4. The molecular formula is C53H52Cl2Zr-2. The van der Waals surface area contributed by atoms with Gasteiger partial charge < -0.3 is 24.8 Å². The van der Waals surface area contributed by atoms with E-state index in [2.05, 4.69) is 201 Å². The van der Waals surface area contributed by atoms with Crippen LogP contribution in [0.3, 0.4) is 0 Å². The molecule has 2 aliphatic carbocycles. The van der Waals surface area contributed by atoms with Crippen LogP contribution in [0.25, 0.3) is 33.4 Å². The Morgan fingerprint density at radius 3 is 1.52 bits per heavy atom. The van der Waals surface area contributed by atoms with E-state index in [9.17, 15) is 0 Å². The SMILES string of the molecule is Cc1ccccc1-c1[c-]c2c(cc1C(C)(C)C)-c1cc(C(C)(C)C)c(-c3ccccc3C)cc1C2.[C-]1=CC=CC1.[Cl-].[Cl-].[Zr+2]=[C](c1ccccc1)c1ccccc1. The summed E-state index contributed by atoms with van der Waals surface area (Å²) in [5.41, 5.74) is 18.9. The minimum atomic E-state index is 0. The fourth-order valence-corrected chi connectivity index (χ4v) is 8.11. The Kier molecular flexibility index (Phi) is 15.6. The van der Waals surface area contributed by atoms with E-state index < -0.39 is 0 Å². The zero-order valence-electron chi connectivity index (χ0n) is 34.0. The Labute approximate surface area is 364 Å². The average molecular weight is 851 g/mol. The van der Waals surface area contributed by atoms with E-state index in [1.54, 1.807) is 0 Å². The second-order valence-electron chi connectivity index (χ2n) is 16.4. The van der Waals surface area contributed by atoms with Gasteiger partial charge in [0.25, 0.3) is 0 Å². The van der Waals surface area contributed by atoms with Gasteiger partial charge in [-0.25, -0.2) is 12.2 Å². The molecule has 0 radical (unpaired) electrons. The maximum absolute atomic E-state index is 3.93. The van der Waals surface area contributed by atoms with Crippen molar-refractivity contribution in [3.8, 4) is 33.4 Å². The third kappa shape index (κ3) is 10.5. The molecule has 0 saturated heterocycles. The summed E-state index contributed by atoms with van der Waals surface area (Å²) < 4.78 is 1.42. The summed E-state index contributed by atoms with van der Waals surface area (Å²) >= 11 is 1.46. The van der Waals surface area contributed by atoms with Gasteiger partial charge in [0.2, 0.25) is 0 Å². The first kappa shape index (κ1) is 44.8. The van der Waals surface area contributed by atoms with Crippen molar-refractivity contribution in [2.45, 2.75) is 79.1 Å². The predicted molar refractivity (Wildman–Crippen MR) is 229 cm³/mol. The molecule has 6 aromatic rings. The van der Waals surface area contributed by atoms with Crippen LogP contribution in [0.4, 0.5) is 0 Å². The van der Waals surface area contributed by atoms with E-state index in [1.165, 1.54) is 105 Å². The van der Waals surface area contributed by atoms with Gasteiger partial charge in [0.15, 0.2) is 0 Å².